The predicted octanol–water partition coefficient (Wildman–Crippen LogP) is 2.74. The van der Waals surface area contributed by atoms with E-state index in [9.17, 15) is 4.39 Å². The molecular weight excluding hydrogens is 271 g/mol. The number of hydrogen-bond acceptors (Lipinski definition) is 4. The van der Waals surface area contributed by atoms with Crippen molar-refractivity contribution in [1.29, 1.82) is 5.26 Å². The van der Waals surface area contributed by atoms with Crippen LogP contribution < -0.4 is 15.2 Å². The van der Waals surface area contributed by atoms with Crippen LogP contribution in [0.3, 0.4) is 0 Å². The summed E-state index contributed by atoms with van der Waals surface area (Å²) in [6, 6.07) is 11.5. The minimum atomic E-state index is -0.466. The Morgan fingerprint density at radius 2 is 1.95 bits per heavy atom. The van der Waals surface area contributed by atoms with Gasteiger partial charge in [0.25, 0.3) is 0 Å². The lowest BCUT2D eigenvalue weighted by Gasteiger charge is -2.12. The number of nitrogens with two attached hydrogens (primary N) is 1. The molecule has 2 aromatic carbocycles. The number of benzene rings is 2. The van der Waals surface area contributed by atoms with Gasteiger partial charge in [0.15, 0.2) is 0 Å². The Bertz CT molecular complexity index is 680. The topological polar surface area (TPSA) is 68.3 Å². The van der Waals surface area contributed by atoms with E-state index in [2.05, 4.69) is 0 Å². The summed E-state index contributed by atoms with van der Waals surface area (Å²) in [7, 11) is 1.56. The molecule has 2 rings (SSSR count). The third-order valence-electron chi connectivity index (χ3n) is 3.06. The second-order valence-electron chi connectivity index (χ2n) is 4.38. The fourth-order valence-corrected chi connectivity index (χ4v) is 1.85. The highest BCUT2D eigenvalue weighted by Crippen LogP contribution is 2.25. The third kappa shape index (κ3) is 3.50. The zero-order valence-electron chi connectivity index (χ0n) is 11.6. The van der Waals surface area contributed by atoms with E-state index in [1.165, 1.54) is 12.1 Å². The molecule has 0 heterocycles. The number of nitrogens with zero attached hydrogens (tertiary/aromatic N) is 1. The van der Waals surface area contributed by atoms with E-state index >= 15 is 0 Å². The van der Waals surface area contributed by atoms with E-state index in [1.807, 2.05) is 12.1 Å². The Balaban J connectivity index is 2.18. The summed E-state index contributed by atoms with van der Waals surface area (Å²) in [4.78, 5) is 0. The van der Waals surface area contributed by atoms with Crippen molar-refractivity contribution in [2.45, 2.75) is 13.2 Å². The van der Waals surface area contributed by atoms with Crippen LogP contribution in [0.4, 0.5) is 4.39 Å². The molecule has 0 saturated heterocycles. The first kappa shape index (κ1) is 14.8. The maximum Gasteiger partial charge on any atom is 0.131 e. The Morgan fingerprint density at radius 3 is 2.57 bits per heavy atom. The van der Waals surface area contributed by atoms with Crippen molar-refractivity contribution in [2.24, 2.45) is 5.73 Å². The molecule has 0 radical (unpaired) electrons. The summed E-state index contributed by atoms with van der Waals surface area (Å²) in [5, 5.41) is 8.71. The van der Waals surface area contributed by atoms with Crippen molar-refractivity contribution in [3.63, 3.8) is 0 Å². The van der Waals surface area contributed by atoms with Crippen LogP contribution in [-0.4, -0.2) is 7.11 Å². The fourth-order valence-electron chi connectivity index (χ4n) is 1.85. The van der Waals surface area contributed by atoms with E-state index < -0.39 is 5.82 Å². The van der Waals surface area contributed by atoms with Gasteiger partial charge in [-0.2, -0.15) is 5.26 Å². The van der Waals surface area contributed by atoms with E-state index in [0.717, 1.165) is 5.56 Å². The van der Waals surface area contributed by atoms with Crippen LogP contribution >= 0.6 is 0 Å². The highest BCUT2D eigenvalue weighted by Gasteiger charge is 2.08. The van der Waals surface area contributed by atoms with Gasteiger partial charge in [0, 0.05) is 23.7 Å². The highest BCUT2D eigenvalue weighted by atomic mass is 19.1. The minimum Gasteiger partial charge on any atom is -0.497 e. The van der Waals surface area contributed by atoms with E-state index in [-0.39, 0.29) is 12.2 Å². The Kier molecular flexibility index (Phi) is 4.75. The van der Waals surface area contributed by atoms with Crippen molar-refractivity contribution in [2.75, 3.05) is 7.11 Å². The largest absolute Gasteiger partial charge is 0.497 e. The number of methoxy groups -OCH3 is 1. The van der Waals surface area contributed by atoms with E-state index in [1.54, 1.807) is 25.3 Å². The van der Waals surface area contributed by atoms with Gasteiger partial charge in [0.2, 0.25) is 0 Å². The average Bonchev–Trinajstić information content (AvgIpc) is 2.53. The van der Waals surface area contributed by atoms with Gasteiger partial charge in [0.1, 0.15) is 23.9 Å². The molecule has 2 aromatic rings. The van der Waals surface area contributed by atoms with E-state index in [4.69, 9.17) is 20.5 Å². The van der Waals surface area contributed by atoms with Gasteiger partial charge in [-0.1, -0.05) is 12.1 Å². The molecule has 0 aromatic heterocycles. The molecule has 108 valence electrons. The number of rotatable bonds is 5. The zero-order chi connectivity index (χ0) is 15.2. The van der Waals surface area contributed by atoms with Gasteiger partial charge < -0.3 is 15.2 Å². The molecule has 0 saturated carbocycles. The monoisotopic (exact) mass is 286 g/mol. The van der Waals surface area contributed by atoms with Crippen LogP contribution in [0.15, 0.2) is 36.4 Å². The quantitative estimate of drug-likeness (QED) is 0.917. The van der Waals surface area contributed by atoms with Crippen molar-refractivity contribution in [1.82, 2.24) is 0 Å². The smallest absolute Gasteiger partial charge is 0.131 e. The van der Waals surface area contributed by atoms with Gasteiger partial charge in [-0.05, 0) is 18.2 Å². The first-order valence-corrected chi connectivity index (χ1v) is 6.36. The summed E-state index contributed by atoms with van der Waals surface area (Å²) in [6.45, 7) is 0.368. The second kappa shape index (κ2) is 6.73. The molecule has 0 aliphatic heterocycles. The maximum atomic E-state index is 13.8. The molecule has 21 heavy (non-hydrogen) atoms. The fraction of sp³-hybridized carbons (Fsp3) is 0.188. The Labute approximate surface area is 122 Å². The maximum absolute atomic E-state index is 13.8. The summed E-state index contributed by atoms with van der Waals surface area (Å²) in [5.74, 6) is 0.731. The van der Waals surface area contributed by atoms with E-state index in [0.29, 0.717) is 23.6 Å². The lowest BCUT2D eigenvalue weighted by atomic mass is 10.1. The molecular formula is C16H15FN2O2. The van der Waals surface area contributed by atoms with Gasteiger partial charge in [0.05, 0.1) is 18.7 Å². The lowest BCUT2D eigenvalue weighted by molar-refractivity contribution is 0.294. The minimum absolute atomic E-state index is 0.0533. The normalized spacial score (nSPS) is 10.0. The van der Waals surface area contributed by atoms with Gasteiger partial charge >= 0.3 is 0 Å². The van der Waals surface area contributed by atoms with Crippen molar-refractivity contribution in [3.05, 3.63) is 58.9 Å². The molecule has 0 bridgehead atoms. The van der Waals surface area contributed by atoms with Crippen molar-refractivity contribution >= 4 is 0 Å². The van der Waals surface area contributed by atoms with Crippen LogP contribution in [0.1, 0.15) is 16.7 Å². The standard InChI is InChI=1S/C16H15FN2O2/c1-20-14-5-4-12(9-19)16(7-14)21-10-13-3-2-11(8-18)6-15(13)17/h2-7H,9-10,19H2,1H3. The molecule has 0 aliphatic carbocycles. The molecule has 0 unspecified atom stereocenters. The highest BCUT2D eigenvalue weighted by molar-refractivity contribution is 5.41. The van der Waals surface area contributed by atoms with Gasteiger partial charge in [-0.3, -0.25) is 0 Å². The molecule has 0 atom stereocenters. The second-order valence-corrected chi connectivity index (χ2v) is 4.38. The van der Waals surface area contributed by atoms with Crippen molar-refractivity contribution < 1.29 is 13.9 Å². The summed E-state index contributed by atoms with van der Waals surface area (Å²) >= 11 is 0. The van der Waals surface area contributed by atoms with Crippen molar-refractivity contribution in [3.8, 4) is 17.6 Å². The molecule has 0 spiro atoms. The molecule has 2 N–H and O–H groups in total. The molecule has 0 amide bonds. The van der Waals surface area contributed by atoms with Crippen LogP contribution in [-0.2, 0) is 13.2 Å². The third-order valence-corrected chi connectivity index (χ3v) is 3.06. The molecule has 0 fully saturated rings. The summed E-state index contributed by atoms with van der Waals surface area (Å²) in [6.07, 6.45) is 0. The average molecular weight is 286 g/mol. The zero-order valence-corrected chi connectivity index (χ0v) is 11.6. The number of hydrogen-bond donors (Lipinski definition) is 1. The molecule has 0 aliphatic rings. The SMILES string of the molecule is COc1ccc(CN)c(OCc2ccc(C#N)cc2F)c1. The van der Waals surface area contributed by atoms with Gasteiger partial charge in [-0.15, -0.1) is 0 Å². The first-order valence-electron chi connectivity index (χ1n) is 6.36. The Hall–Kier alpha value is -2.58. The molecule has 5 heteroatoms. The van der Waals surface area contributed by atoms with Crippen LogP contribution in [0, 0.1) is 17.1 Å². The first-order chi connectivity index (χ1) is 10.2. The summed E-state index contributed by atoms with van der Waals surface area (Å²) < 4.78 is 24.5. The van der Waals surface area contributed by atoms with Gasteiger partial charge in [-0.25, -0.2) is 4.39 Å². The summed E-state index contributed by atoms with van der Waals surface area (Å²) in [5.41, 5.74) is 7.11. The Morgan fingerprint density at radius 1 is 1.19 bits per heavy atom. The molecule has 4 nitrogen and oxygen atoms in total. The number of nitriles is 1. The number of halogens is 1. The lowest BCUT2D eigenvalue weighted by Crippen LogP contribution is -2.04. The predicted molar refractivity (Wildman–Crippen MR) is 76.3 cm³/mol. The number of ether oxygens (including phenoxy) is 2. The van der Waals surface area contributed by atoms with Crippen LogP contribution in [0.2, 0.25) is 0 Å². The van der Waals surface area contributed by atoms with Crippen LogP contribution in [0.5, 0.6) is 11.5 Å². The van der Waals surface area contributed by atoms with Crippen LogP contribution in [0.25, 0.3) is 0 Å².